The minimum Gasteiger partial charge on any atom is -0.331 e. The summed E-state index contributed by atoms with van der Waals surface area (Å²) in [5.41, 5.74) is 4.64. The van der Waals surface area contributed by atoms with Crippen LogP contribution >= 0.6 is 23.8 Å². The Balaban J connectivity index is 2.03. The molecule has 4 heteroatoms. The van der Waals surface area contributed by atoms with Crippen LogP contribution in [0.3, 0.4) is 0 Å². The maximum Gasteiger partial charge on any atom is 0.178 e. The van der Waals surface area contributed by atoms with E-state index in [0.717, 1.165) is 33.8 Å². The molecule has 1 N–H and O–H groups in total. The fraction of sp³-hybridized carbons (Fsp3) is 0.188. The third kappa shape index (κ3) is 2.51. The highest BCUT2D eigenvalue weighted by molar-refractivity contribution is 7.71. The van der Waals surface area contributed by atoms with E-state index in [9.17, 15) is 0 Å². The second kappa shape index (κ2) is 5.43. The summed E-state index contributed by atoms with van der Waals surface area (Å²) < 4.78 is 2.80. The topological polar surface area (TPSA) is 20.7 Å². The largest absolute Gasteiger partial charge is 0.331 e. The van der Waals surface area contributed by atoms with Crippen molar-refractivity contribution in [1.82, 2.24) is 9.55 Å². The predicted molar refractivity (Wildman–Crippen MR) is 87.1 cm³/mol. The van der Waals surface area contributed by atoms with Crippen molar-refractivity contribution >= 4 is 34.9 Å². The Kier molecular flexibility index (Phi) is 3.64. The third-order valence-corrected chi connectivity index (χ3v) is 4.07. The minimum absolute atomic E-state index is 0.724. The molecule has 1 heterocycles. The molecule has 0 atom stereocenters. The number of H-pyrrole nitrogens is 1. The van der Waals surface area contributed by atoms with E-state index in [0.29, 0.717) is 0 Å². The van der Waals surface area contributed by atoms with Gasteiger partial charge in [-0.1, -0.05) is 42.8 Å². The Bertz CT molecular complexity index is 799. The molecular formula is C16H15ClN2S. The smallest absolute Gasteiger partial charge is 0.178 e. The summed E-state index contributed by atoms with van der Waals surface area (Å²) in [5, 5.41) is 0.724. The molecule has 0 spiro atoms. The van der Waals surface area contributed by atoms with Gasteiger partial charge >= 0.3 is 0 Å². The van der Waals surface area contributed by atoms with E-state index in [1.807, 2.05) is 18.2 Å². The zero-order chi connectivity index (χ0) is 14.1. The number of rotatable bonds is 3. The zero-order valence-electron chi connectivity index (χ0n) is 11.2. The number of halogens is 1. The van der Waals surface area contributed by atoms with Gasteiger partial charge in [-0.25, -0.2) is 0 Å². The number of benzene rings is 2. The van der Waals surface area contributed by atoms with Gasteiger partial charge in [0.05, 0.1) is 17.6 Å². The number of imidazole rings is 1. The van der Waals surface area contributed by atoms with Gasteiger partial charge in [0.2, 0.25) is 0 Å². The molecule has 1 aromatic heterocycles. The highest BCUT2D eigenvalue weighted by Crippen LogP contribution is 2.20. The van der Waals surface area contributed by atoms with Crippen LogP contribution < -0.4 is 0 Å². The van der Waals surface area contributed by atoms with Crippen molar-refractivity contribution < 1.29 is 0 Å². The molecule has 3 rings (SSSR count). The van der Waals surface area contributed by atoms with Crippen LogP contribution in [0.15, 0.2) is 42.5 Å². The number of hydrogen-bond donors (Lipinski definition) is 1. The molecular weight excluding hydrogens is 288 g/mol. The Morgan fingerprint density at radius 1 is 1.10 bits per heavy atom. The molecule has 0 radical (unpaired) electrons. The maximum atomic E-state index is 6.08. The van der Waals surface area contributed by atoms with Gasteiger partial charge in [0.15, 0.2) is 4.77 Å². The summed E-state index contributed by atoms with van der Waals surface area (Å²) in [6, 6.07) is 14.4. The van der Waals surface area contributed by atoms with Gasteiger partial charge in [0.25, 0.3) is 0 Å². The average molecular weight is 303 g/mol. The number of aryl methyl sites for hydroxylation is 1. The van der Waals surface area contributed by atoms with Gasteiger partial charge < -0.3 is 9.55 Å². The van der Waals surface area contributed by atoms with E-state index >= 15 is 0 Å². The predicted octanol–water partition coefficient (Wildman–Crippen LogP) is 4.96. The van der Waals surface area contributed by atoms with Gasteiger partial charge in [-0.15, -0.1) is 0 Å². The summed E-state index contributed by atoms with van der Waals surface area (Å²) in [6.07, 6.45) is 1.06. The molecule has 0 aliphatic carbocycles. The summed E-state index contributed by atoms with van der Waals surface area (Å²) in [5.74, 6) is 0. The van der Waals surface area contributed by atoms with E-state index < -0.39 is 0 Å². The molecule has 3 aromatic rings. The van der Waals surface area contributed by atoms with Gasteiger partial charge in [-0.2, -0.15) is 0 Å². The maximum absolute atomic E-state index is 6.08. The molecule has 2 nitrogen and oxygen atoms in total. The standard InChI is InChI=1S/C16H15ClN2S/c1-2-11-3-5-12(6-4-11)10-19-15-9-13(17)7-8-14(15)18-16(19)20/h3-9H,2,10H2,1H3,(H,18,20). The minimum atomic E-state index is 0.724. The first kappa shape index (κ1) is 13.4. The Morgan fingerprint density at radius 2 is 1.80 bits per heavy atom. The van der Waals surface area contributed by atoms with Crippen LogP contribution in [0.2, 0.25) is 5.02 Å². The fourth-order valence-electron chi connectivity index (χ4n) is 2.35. The molecule has 2 aromatic carbocycles. The first-order valence-corrected chi connectivity index (χ1v) is 7.42. The van der Waals surface area contributed by atoms with Crippen molar-refractivity contribution in [2.45, 2.75) is 19.9 Å². The summed E-state index contributed by atoms with van der Waals surface area (Å²) in [6.45, 7) is 2.91. The highest BCUT2D eigenvalue weighted by Gasteiger charge is 2.05. The summed E-state index contributed by atoms with van der Waals surface area (Å²) in [7, 11) is 0. The van der Waals surface area contributed by atoms with Crippen LogP contribution in [0.4, 0.5) is 0 Å². The molecule has 0 aliphatic rings. The quantitative estimate of drug-likeness (QED) is 0.678. The lowest BCUT2D eigenvalue weighted by atomic mass is 10.1. The number of aromatic nitrogens is 2. The van der Waals surface area contributed by atoms with Crippen LogP contribution in [0, 0.1) is 4.77 Å². The lowest BCUT2D eigenvalue weighted by molar-refractivity contribution is 0.810. The van der Waals surface area contributed by atoms with Gasteiger partial charge in [-0.3, -0.25) is 0 Å². The lowest BCUT2D eigenvalue weighted by Crippen LogP contribution is -1.99. The van der Waals surface area contributed by atoms with E-state index in [4.69, 9.17) is 23.8 Å². The average Bonchev–Trinajstić information content (AvgIpc) is 2.76. The Labute approximate surface area is 128 Å². The third-order valence-electron chi connectivity index (χ3n) is 3.51. The second-order valence-corrected chi connectivity index (χ2v) is 5.67. The first-order valence-electron chi connectivity index (χ1n) is 6.63. The number of nitrogens with one attached hydrogen (secondary N) is 1. The normalized spacial score (nSPS) is 11.1. The van der Waals surface area contributed by atoms with Crippen LogP contribution in [-0.2, 0) is 13.0 Å². The molecule has 0 amide bonds. The first-order chi connectivity index (χ1) is 9.67. The summed E-state index contributed by atoms with van der Waals surface area (Å²) >= 11 is 11.5. The van der Waals surface area contributed by atoms with Crippen molar-refractivity contribution in [3.8, 4) is 0 Å². The molecule has 0 saturated heterocycles. The van der Waals surface area contributed by atoms with Crippen LogP contribution in [0.1, 0.15) is 18.1 Å². The van der Waals surface area contributed by atoms with Crippen LogP contribution in [0.25, 0.3) is 11.0 Å². The molecule has 0 bridgehead atoms. The van der Waals surface area contributed by atoms with Crippen molar-refractivity contribution in [1.29, 1.82) is 0 Å². The monoisotopic (exact) mass is 302 g/mol. The van der Waals surface area contributed by atoms with E-state index in [-0.39, 0.29) is 0 Å². The SMILES string of the molecule is CCc1ccc(Cn2c(=S)[nH]c3ccc(Cl)cc32)cc1. The fourth-order valence-corrected chi connectivity index (χ4v) is 2.79. The zero-order valence-corrected chi connectivity index (χ0v) is 12.8. The van der Waals surface area contributed by atoms with Gasteiger partial charge in [0.1, 0.15) is 0 Å². The molecule has 20 heavy (non-hydrogen) atoms. The summed E-state index contributed by atoms with van der Waals surface area (Å²) in [4.78, 5) is 3.22. The van der Waals surface area contributed by atoms with E-state index in [1.165, 1.54) is 11.1 Å². The number of hydrogen-bond acceptors (Lipinski definition) is 1. The number of nitrogens with zero attached hydrogens (tertiary/aromatic N) is 1. The van der Waals surface area contributed by atoms with Crippen molar-refractivity contribution in [3.05, 3.63) is 63.4 Å². The Morgan fingerprint density at radius 3 is 2.50 bits per heavy atom. The van der Waals surface area contributed by atoms with Crippen molar-refractivity contribution in [2.75, 3.05) is 0 Å². The molecule has 0 unspecified atom stereocenters. The van der Waals surface area contributed by atoms with Crippen LogP contribution in [0.5, 0.6) is 0 Å². The molecule has 0 aliphatic heterocycles. The number of fused-ring (bicyclic) bond motifs is 1. The van der Waals surface area contributed by atoms with Crippen molar-refractivity contribution in [3.63, 3.8) is 0 Å². The van der Waals surface area contributed by atoms with Gasteiger partial charge in [0, 0.05) is 5.02 Å². The van der Waals surface area contributed by atoms with E-state index in [1.54, 1.807) is 0 Å². The molecule has 0 fully saturated rings. The van der Waals surface area contributed by atoms with Crippen LogP contribution in [-0.4, -0.2) is 9.55 Å². The molecule has 102 valence electrons. The Hall–Kier alpha value is -1.58. The highest BCUT2D eigenvalue weighted by atomic mass is 35.5. The number of aromatic amines is 1. The van der Waals surface area contributed by atoms with E-state index in [2.05, 4.69) is 40.7 Å². The molecule has 0 saturated carbocycles. The lowest BCUT2D eigenvalue weighted by Gasteiger charge is -2.06. The van der Waals surface area contributed by atoms with Gasteiger partial charge in [-0.05, 0) is 48.0 Å². The second-order valence-electron chi connectivity index (χ2n) is 4.85. The van der Waals surface area contributed by atoms with Crippen molar-refractivity contribution in [2.24, 2.45) is 0 Å².